The van der Waals surface area contributed by atoms with Crippen LogP contribution in [0.1, 0.15) is 130 Å². The standard InChI is InChI=1S/C30H57N3O2/c1-4-7-9-11-12-16-20-29(19-15-10-8-5-2)30(34)35-27-18-14-13-17-23-32(22-6-3)25-26-33-24-21-31-28-33/h21,24,28-29H,4-20,22-23,25-27H2,1-3H3. The number of unbranched alkanes of at least 4 members (excludes halogenated alkanes) is 11. The lowest BCUT2D eigenvalue weighted by atomic mass is 9.94. The zero-order valence-electron chi connectivity index (χ0n) is 23.5. The third kappa shape index (κ3) is 17.7. The molecule has 0 saturated heterocycles. The molecular formula is C30H57N3O2. The Labute approximate surface area is 217 Å². The molecule has 5 nitrogen and oxygen atoms in total. The van der Waals surface area contributed by atoms with Crippen molar-refractivity contribution in [1.29, 1.82) is 0 Å². The minimum absolute atomic E-state index is 0.0729. The van der Waals surface area contributed by atoms with E-state index in [1.54, 1.807) is 0 Å². The third-order valence-electron chi connectivity index (χ3n) is 7.03. The Balaban J connectivity index is 2.18. The van der Waals surface area contributed by atoms with Gasteiger partial charge in [0.25, 0.3) is 0 Å². The van der Waals surface area contributed by atoms with Crippen LogP contribution in [0.4, 0.5) is 0 Å². The average molecular weight is 492 g/mol. The van der Waals surface area contributed by atoms with Gasteiger partial charge in [-0.05, 0) is 45.2 Å². The van der Waals surface area contributed by atoms with E-state index in [2.05, 4.69) is 35.2 Å². The molecule has 1 heterocycles. The molecule has 5 heteroatoms. The molecule has 1 rings (SSSR count). The summed E-state index contributed by atoms with van der Waals surface area (Å²) < 4.78 is 7.90. The average Bonchev–Trinajstić information content (AvgIpc) is 3.38. The molecule has 35 heavy (non-hydrogen) atoms. The Morgan fingerprint density at radius 3 is 2.06 bits per heavy atom. The number of esters is 1. The van der Waals surface area contributed by atoms with Crippen LogP contribution in [0.25, 0.3) is 0 Å². The third-order valence-corrected chi connectivity index (χ3v) is 7.03. The summed E-state index contributed by atoms with van der Waals surface area (Å²) in [5.41, 5.74) is 0. The largest absolute Gasteiger partial charge is 0.465 e. The maximum absolute atomic E-state index is 12.8. The summed E-state index contributed by atoms with van der Waals surface area (Å²) in [5, 5.41) is 0. The van der Waals surface area contributed by atoms with Gasteiger partial charge in [0.1, 0.15) is 0 Å². The summed E-state index contributed by atoms with van der Waals surface area (Å²) in [4.78, 5) is 19.5. The van der Waals surface area contributed by atoms with E-state index >= 15 is 0 Å². The van der Waals surface area contributed by atoms with Gasteiger partial charge in [0.2, 0.25) is 0 Å². The number of nitrogens with zero attached hydrogens (tertiary/aromatic N) is 3. The first-order valence-corrected chi connectivity index (χ1v) is 15.1. The van der Waals surface area contributed by atoms with Crippen molar-refractivity contribution in [1.82, 2.24) is 14.5 Å². The van der Waals surface area contributed by atoms with Gasteiger partial charge in [-0.15, -0.1) is 0 Å². The zero-order valence-corrected chi connectivity index (χ0v) is 23.5. The molecule has 1 aromatic rings. The molecule has 204 valence electrons. The highest BCUT2D eigenvalue weighted by Gasteiger charge is 2.19. The fourth-order valence-corrected chi connectivity index (χ4v) is 4.78. The van der Waals surface area contributed by atoms with Gasteiger partial charge in [-0.2, -0.15) is 0 Å². The van der Waals surface area contributed by atoms with Crippen LogP contribution in [-0.4, -0.2) is 46.7 Å². The van der Waals surface area contributed by atoms with Gasteiger partial charge in [-0.1, -0.05) is 97.8 Å². The number of imidazole rings is 1. The number of ether oxygens (including phenoxy) is 1. The highest BCUT2D eigenvalue weighted by molar-refractivity contribution is 5.72. The number of aromatic nitrogens is 2. The Kier molecular flexibility index (Phi) is 20.9. The smallest absolute Gasteiger partial charge is 0.308 e. The maximum atomic E-state index is 12.8. The van der Waals surface area contributed by atoms with E-state index < -0.39 is 0 Å². The lowest BCUT2D eigenvalue weighted by Crippen LogP contribution is -2.29. The summed E-state index contributed by atoms with van der Waals surface area (Å²) in [7, 11) is 0. The van der Waals surface area contributed by atoms with E-state index in [-0.39, 0.29) is 11.9 Å². The van der Waals surface area contributed by atoms with Crippen molar-refractivity contribution in [3.8, 4) is 0 Å². The number of hydrogen-bond donors (Lipinski definition) is 0. The second-order valence-corrected chi connectivity index (χ2v) is 10.3. The molecule has 0 fully saturated rings. The Bertz CT molecular complexity index is 576. The van der Waals surface area contributed by atoms with E-state index in [4.69, 9.17) is 4.74 Å². The van der Waals surface area contributed by atoms with Crippen LogP contribution in [0.5, 0.6) is 0 Å². The Morgan fingerprint density at radius 2 is 1.40 bits per heavy atom. The van der Waals surface area contributed by atoms with E-state index in [0.717, 1.165) is 51.9 Å². The van der Waals surface area contributed by atoms with Gasteiger partial charge in [0, 0.05) is 25.5 Å². The van der Waals surface area contributed by atoms with E-state index in [1.165, 1.54) is 83.5 Å². The molecule has 0 aromatic carbocycles. The fourth-order valence-electron chi connectivity index (χ4n) is 4.78. The minimum Gasteiger partial charge on any atom is -0.465 e. The van der Waals surface area contributed by atoms with Crippen LogP contribution in [0.2, 0.25) is 0 Å². The van der Waals surface area contributed by atoms with Crippen LogP contribution in [0.3, 0.4) is 0 Å². The normalized spacial score (nSPS) is 12.3. The SMILES string of the molecule is CCCCCCCCC(CCCCCC)C(=O)OCCCCCCN(CCC)CCn1ccnc1. The van der Waals surface area contributed by atoms with Gasteiger partial charge in [0.05, 0.1) is 18.9 Å². The minimum atomic E-state index is 0.0729. The predicted octanol–water partition coefficient (Wildman–Crippen LogP) is 8.04. The van der Waals surface area contributed by atoms with E-state index in [9.17, 15) is 4.79 Å². The first-order valence-electron chi connectivity index (χ1n) is 15.1. The molecule has 0 N–H and O–H groups in total. The Morgan fingerprint density at radius 1 is 0.771 bits per heavy atom. The van der Waals surface area contributed by atoms with Crippen molar-refractivity contribution in [3.63, 3.8) is 0 Å². The van der Waals surface area contributed by atoms with Crippen LogP contribution in [-0.2, 0) is 16.1 Å². The molecule has 0 amide bonds. The highest BCUT2D eigenvalue weighted by atomic mass is 16.5. The first-order chi connectivity index (χ1) is 17.2. The van der Waals surface area contributed by atoms with Crippen molar-refractivity contribution in [2.75, 3.05) is 26.2 Å². The zero-order chi connectivity index (χ0) is 25.4. The molecule has 0 aliphatic heterocycles. The second kappa shape index (κ2) is 23.1. The molecule has 1 unspecified atom stereocenters. The number of hydrogen-bond acceptors (Lipinski definition) is 4. The van der Waals surface area contributed by atoms with Crippen molar-refractivity contribution in [2.45, 2.75) is 136 Å². The topological polar surface area (TPSA) is 47.4 Å². The predicted molar refractivity (Wildman–Crippen MR) is 149 cm³/mol. The highest BCUT2D eigenvalue weighted by Crippen LogP contribution is 2.20. The van der Waals surface area contributed by atoms with Crippen LogP contribution in [0, 0.1) is 5.92 Å². The molecule has 0 aliphatic carbocycles. The van der Waals surface area contributed by atoms with Crippen molar-refractivity contribution in [3.05, 3.63) is 18.7 Å². The Hall–Kier alpha value is -1.36. The summed E-state index contributed by atoms with van der Waals surface area (Å²) in [6, 6.07) is 0. The molecule has 0 radical (unpaired) electrons. The summed E-state index contributed by atoms with van der Waals surface area (Å²) in [6.45, 7) is 11.8. The number of carbonyl (C=O) groups is 1. The van der Waals surface area contributed by atoms with Gasteiger partial charge < -0.3 is 14.2 Å². The second-order valence-electron chi connectivity index (χ2n) is 10.3. The van der Waals surface area contributed by atoms with Gasteiger partial charge >= 0.3 is 5.97 Å². The summed E-state index contributed by atoms with van der Waals surface area (Å²) in [6.07, 6.45) is 26.2. The van der Waals surface area contributed by atoms with Gasteiger partial charge in [-0.3, -0.25) is 4.79 Å². The molecule has 1 aromatic heterocycles. The quantitative estimate of drug-likeness (QED) is 0.103. The first kappa shape index (κ1) is 31.7. The van der Waals surface area contributed by atoms with Crippen molar-refractivity contribution >= 4 is 5.97 Å². The molecule has 0 saturated carbocycles. The van der Waals surface area contributed by atoms with E-state index in [0.29, 0.717) is 6.61 Å². The lowest BCUT2D eigenvalue weighted by molar-refractivity contribution is -0.149. The molecule has 1 atom stereocenters. The van der Waals surface area contributed by atoms with Gasteiger partial charge in [0.15, 0.2) is 0 Å². The number of rotatable bonds is 25. The van der Waals surface area contributed by atoms with Crippen LogP contribution < -0.4 is 0 Å². The van der Waals surface area contributed by atoms with Gasteiger partial charge in [-0.25, -0.2) is 4.98 Å². The summed E-state index contributed by atoms with van der Waals surface area (Å²) >= 11 is 0. The van der Waals surface area contributed by atoms with Crippen LogP contribution in [0.15, 0.2) is 18.7 Å². The van der Waals surface area contributed by atoms with Crippen LogP contribution >= 0.6 is 0 Å². The molecule has 0 bridgehead atoms. The lowest BCUT2D eigenvalue weighted by Gasteiger charge is -2.21. The molecule has 0 spiro atoms. The molecular weight excluding hydrogens is 434 g/mol. The number of carbonyl (C=O) groups excluding carboxylic acids is 1. The van der Waals surface area contributed by atoms with Crippen molar-refractivity contribution in [2.24, 2.45) is 5.92 Å². The van der Waals surface area contributed by atoms with Crippen molar-refractivity contribution < 1.29 is 9.53 Å². The monoisotopic (exact) mass is 491 g/mol. The fraction of sp³-hybridized carbons (Fsp3) is 0.867. The summed E-state index contributed by atoms with van der Waals surface area (Å²) in [5.74, 6) is 0.194. The van der Waals surface area contributed by atoms with E-state index in [1.807, 2.05) is 18.7 Å². The molecule has 0 aliphatic rings. The maximum Gasteiger partial charge on any atom is 0.308 e.